The summed E-state index contributed by atoms with van der Waals surface area (Å²) in [6.07, 6.45) is 3.38. The highest BCUT2D eigenvalue weighted by molar-refractivity contribution is 5.90. The van der Waals surface area contributed by atoms with Gasteiger partial charge in [0.1, 0.15) is 17.6 Å². The molecule has 0 radical (unpaired) electrons. The molecule has 0 bridgehead atoms. The second-order valence-corrected chi connectivity index (χ2v) is 5.00. The molecule has 1 saturated heterocycles. The number of amides is 2. The first kappa shape index (κ1) is 14.2. The van der Waals surface area contributed by atoms with Crippen LogP contribution in [0.4, 0.5) is 10.5 Å². The number of hydrogen-bond donors (Lipinski definition) is 1. The lowest BCUT2D eigenvalue weighted by Gasteiger charge is -2.38. The zero-order valence-corrected chi connectivity index (χ0v) is 12.2. The number of nitrogens with zero attached hydrogens (tertiary/aromatic N) is 2. The molecule has 6 nitrogen and oxygen atoms in total. The largest absolute Gasteiger partial charge is 0.497 e. The van der Waals surface area contributed by atoms with Crippen LogP contribution >= 0.6 is 0 Å². The van der Waals surface area contributed by atoms with Crippen LogP contribution < -0.4 is 14.8 Å². The van der Waals surface area contributed by atoms with Crippen LogP contribution in [0.3, 0.4) is 0 Å². The van der Waals surface area contributed by atoms with Gasteiger partial charge < -0.3 is 19.7 Å². The normalized spacial score (nSPS) is 14.1. The second-order valence-electron chi connectivity index (χ2n) is 5.00. The minimum atomic E-state index is -0.140. The molecule has 22 heavy (non-hydrogen) atoms. The van der Waals surface area contributed by atoms with E-state index in [4.69, 9.17) is 9.47 Å². The fraction of sp³-hybridized carbons (Fsp3) is 0.250. The number of carbonyl (C=O) groups excluding carboxylic acids is 1. The van der Waals surface area contributed by atoms with E-state index in [-0.39, 0.29) is 12.1 Å². The Bertz CT molecular complexity index is 642. The van der Waals surface area contributed by atoms with E-state index in [1.54, 1.807) is 30.5 Å². The van der Waals surface area contributed by atoms with Crippen LogP contribution in [-0.4, -0.2) is 42.2 Å². The zero-order chi connectivity index (χ0) is 15.4. The van der Waals surface area contributed by atoms with Gasteiger partial charge in [-0.15, -0.1) is 0 Å². The van der Waals surface area contributed by atoms with Gasteiger partial charge in [0.05, 0.1) is 26.4 Å². The van der Waals surface area contributed by atoms with E-state index in [1.807, 2.05) is 30.3 Å². The van der Waals surface area contributed by atoms with Gasteiger partial charge in [0.25, 0.3) is 0 Å². The predicted octanol–water partition coefficient (Wildman–Crippen LogP) is 2.39. The standard InChI is InChI=1S/C16H17N3O3/c1-21-13-5-2-4-12(8-13)18-16(20)19-10-15(11-19)22-14-6-3-7-17-9-14/h2-9,15H,10-11H2,1H3,(H,18,20). The lowest BCUT2D eigenvalue weighted by molar-refractivity contribution is 0.0490. The molecule has 1 aliphatic rings. The zero-order valence-electron chi connectivity index (χ0n) is 12.2. The fourth-order valence-electron chi connectivity index (χ4n) is 2.19. The number of carbonyl (C=O) groups is 1. The highest BCUT2D eigenvalue weighted by atomic mass is 16.5. The molecule has 0 unspecified atom stereocenters. The van der Waals surface area contributed by atoms with Crippen molar-refractivity contribution in [2.75, 3.05) is 25.5 Å². The smallest absolute Gasteiger partial charge is 0.322 e. The Morgan fingerprint density at radius 2 is 2.09 bits per heavy atom. The minimum absolute atomic E-state index is 0.0141. The van der Waals surface area contributed by atoms with E-state index in [0.29, 0.717) is 24.5 Å². The summed E-state index contributed by atoms with van der Waals surface area (Å²) < 4.78 is 10.8. The van der Waals surface area contributed by atoms with E-state index in [9.17, 15) is 4.79 Å². The Kier molecular flexibility index (Phi) is 4.09. The van der Waals surface area contributed by atoms with Gasteiger partial charge in [0.2, 0.25) is 0 Å². The molecule has 3 rings (SSSR count). The Balaban J connectivity index is 1.49. The van der Waals surface area contributed by atoms with E-state index < -0.39 is 0 Å². The highest BCUT2D eigenvalue weighted by Gasteiger charge is 2.32. The summed E-state index contributed by atoms with van der Waals surface area (Å²) in [7, 11) is 1.59. The molecular formula is C16H17N3O3. The highest BCUT2D eigenvalue weighted by Crippen LogP contribution is 2.20. The van der Waals surface area contributed by atoms with Crippen molar-refractivity contribution in [3.63, 3.8) is 0 Å². The van der Waals surface area contributed by atoms with Crippen LogP contribution in [0.1, 0.15) is 0 Å². The Labute approximate surface area is 128 Å². The average Bonchev–Trinajstić information content (AvgIpc) is 2.51. The molecule has 1 aromatic heterocycles. The first-order chi connectivity index (χ1) is 10.7. The van der Waals surface area contributed by atoms with Gasteiger partial charge in [0.15, 0.2) is 0 Å². The lowest BCUT2D eigenvalue weighted by Crippen LogP contribution is -2.57. The molecule has 1 N–H and O–H groups in total. The summed E-state index contributed by atoms with van der Waals surface area (Å²) in [4.78, 5) is 17.8. The average molecular weight is 299 g/mol. The number of methoxy groups -OCH3 is 1. The number of rotatable bonds is 4. The van der Waals surface area contributed by atoms with Crippen molar-refractivity contribution in [1.29, 1.82) is 0 Å². The number of likely N-dealkylation sites (tertiary alicyclic amines) is 1. The maximum atomic E-state index is 12.1. The van der Waals surface area contributed by atoms with Gasteiger partial charge in [-0.1, -0.05) is 6.07 Å². The molecule has 2 heterocycles. The molecule has 0 atom stereocenters. The Morgan fingerprint density at radius 3 is 2.82 bits per heavy atom. The lowest BCUT2D eigenvalue weighted by atomic mass is 10.2. The van der Waals surface area contributed by atoms with Crippen molar-refractivity contribution in [3.05, 3.63) is 48.8 Å². The molecule has 2 amide bonds. The first-order valence-corrected chi connectivity index (χ1v) is 7.01. The van der Waals surface area contributed by atoms with Crippen LogP contribution in [0.2, 0.25) is 0 Å². The van der Waals surface area contributed by atoms with Gasteiger partial charge in [0, 0.05) is 18.0 Å². The minimum Gasteiger partial charge on any atom is -0.497 e. The summed E-state index contributed by atoms with van der Waals surface area (Å²) >= 11 is 0. The number of nitrogens with one attached hydrogen (secondary N) is 1. The van der Waals surface area contributed by atoms with E-state index in [0.717, 1.165) is 5.75 Å². The summed E-state index contributed by atoms with van der Waals surface area (Å²) in [6.45, 7) is 1.12. The first-order valence-electron chi connectivity index (χ1n) is 7.01. The van der Waals surface area contributed by atoms with E-state index in [2.05, 4.69) is 10.3 Å². The molecule has 1 aromatic carbocycles. The summed E-state index contributed by atoms with van der Waals surface area (Å²) in [5.41, 5.74) is 0.709. The molecule has 1 aliphatic heterocycles. The summed E-state index contributed by atoms with van der Waals surface area (Å²) in [6, 6.07) is 10.8. The molecule has 2 aromatic rings. The van der Waals surface area contributed by atoms with E-state index >= 15 is 0 Å². The number of ether oxygens (including phenoxy) is 2. The molecular weight excluding hydrogens is 282 g/mol. The Hall–Kier alpha value is -2.76. The van der Waals surface area contributed by atoms with Crippen molar-refractivity contribution >= 4 is 11.7 Å². The van der Waals surface area contributed by atoms with Crippen LogP contribution in [0.25, 0.3) is 0 Å². The number of pyridine rings is 1. The van der Waals surface area contributed by atoms with Gasteiger partial charge in [-0.05, 0) is 24.3 Å². The van der Waals surface area contributed by atoms with Crippen LogP contribution in [-0.2, 0) is 0 Å². The van der Waals surface area contributed by atoms with Crippen LogP contribution in [0.5, 0.6) is 11.5 Å². The molecule has 0 spiro atoms. The predicted molar refractivity (Wildman–Crippen MR) is 82.2 cm³/mol. The topological polar surface area (TPSA) is 63.7 Å². The monoisotopic (exact) mass is 299 g/mol. The Morgan fingerprint density at radius 1 is 1.27 bits per heavy atom. The van der Waals surface area contributed by atoms with Gasteiger partial charge >= 0.3 is 6.03 Å². The molecule has 0 aliphatic carbocycles. The van der Waals surface area contributed by atoms with Crippen molar-refractivity contribution in [2.45, 2.75) is 6.10 Å². The number of anilines is 1. The van der Waals surface area contributed by atoms with Crippen molar-refractivity contribution < 1.29 is 14.3 Å². The SMILES string of the molecule is COc1cccc(NC(=O)N2CC(Oc3cccnc3)C2)c1. The van der Waals surface area contributed by atoms with E-state index in [1.165, 1.54) is 0 Å². The third kappa shape index (κ3) is 3.28. The third-order valence-electron chi connectivity index (χ3n) is 3.39. The van der Waals surface area contributed by atoms with Gasteiger partial charge in [-0.2, -0.15) is 0 Å². The van der Waals surface area contributed by atoms with Crippen molar-refractivity contribution in [3.8, 4) is 11.5 Å². The maximum absolute atomic E-state index is 12.1. The third-order valence-corrected chi connectivity index (χ3v) is 3.39. The van der Waals surface area contributed by atoms with Crippen LogP contribution in [0, 0.1) is 0 Å². The molecule has 6 heteroatoms. The number of hydrogen-bond acceptors (Lipinski definition) is 4. The summed E-state index contributed by atoms with van der Waals surface area (Å²) in [5.74, 6) is 1.43. The number of urea groups is 1. The van der Waals surface area contributed by atoms with Crippen LogP contribution in [0.15, 0.2) is 48.8 Å². The van der Waals surface area contributed by atoms with Gasteiger partial charge in [-0.25, -0.2) is 4.79 Å². The van der Waals surface area contributed by atoms with Crippen molar-refractivity contribution in [2.24, 2.45) is 0 Å². The quantitative estimate of drug-likeness (QED) is 0.941. The fourth-order valence-corrected chi connectivity index (χ4v) is 2.19. The molecule has 114 valence electrons. The number of aromatic nitrogens is 1. The second kappa shape index (κ2) is 6.34. The van der Waals surface area contributed by atoms with Crippen molar-refractivity contribution in [1.82, 2.24) is 9.88 Å². The maximum Gasteiger partial charge on any atom is 0.322 e. The van der Waals surface area contributed by atoms with Gasteiger partial charge in [-0.3, -0.25) is 4.98 Å². The summed E-state index contributed by atoms with van der Waals surface area (Å²) in [5, 5.41) is 2.84. The number of benzene rings is 1. The molecule has 0 saturated carbocycles. The molecule has 1 fully saturated rings.